The van der Waals surface area contributed by atoms with Gasteiger partial charge in [-0.05, 0) is 25.1 Å². The summed E-state index contributed by atoms with van der Waals surface area (Å²) in [5.74, 6) is -0.762. The molecule has 0 bridgehead atoms. The number of halogens is 3. The SMILES string of the molecule is C[C@@H](COc1ccccc1C(F)(F)F)NC(=O)c1ccc(=O)[nH]c1. The van der Waals surface area contributed by atoms with Crippen molar-refractivity contribution in [1.29, 1.82) is 0 Å². The molecule has 2 rings (SSSR count). The number of H-pyrrole nitrogens is 1. The van der Waals surface area contributed by atoms with Gasteiger partial charge in [0.1, 0.15) is 12.4 Å². The number of amides is 1. The first-order valence-corrected chi connectivity index (χ1v) is 7.06. The standard InChI is InChI=1S/C16H15F3N2O3/c1-10(21-15(23)11-6-7-14(22)20-8-11)9-24-13-5-3-2-4-12(13)16(17,18)19/h2-8,10H,9H2,1H3,(H,20,22)(H,21,23)/t10-/m0/s1. The molecule has 8 heteroatoms. The maximum absolute atomic E-state index is 12.9. The number of rotatable bonds is 5. The van der Waals surface area contributed by atoms with Gasteiger partial charge in [-0.15, -0.1) is 0 Å². The second-order valence-electron chi connectivity index (χ2n) is 5.12. The Balaban J connectivity index is 1.96. The molecule has 0 fully saturated rings. The van der Waals surface area contributed by atoms with Gasteiger partial charge in [-0.2, -0.15) is 13.2 Å². The summed E-state index contributed by atoms with van der Waals surface area (Å²) in [6.45, 7) is 1.46. The van der Waals surface area contributed by atoms with Crippen molar-refractivity contribution >= 4 is 5.91 Å². The molecular weight excluding hydrogens is 325 g/mol. The highest BCUT2D eigenvalue weighted by atomic mass is 19.4. The van der Waals surface area contributed by atoms with Crippen molar-refractivity contribution in [2.24, 2.45) is 0 Å². The largest absolute Gasteiger partial charge is 0.491 e. The molecule has 24 heavy (non-hydrogen) atoms. The van der Waals surface area contributed by atoms with Crippen LogP contribution in [0.15, 0.2) is 47.4 Å². The number of alkyl halides is 3. The monoisotopic (exact) mass is 340 g/mol. The summed E-state index contributed by atoms with van der Waals surface area (Å²) in [5, 5.41) is 2.58. The molecule has 0 radical (unpaired) electrons. The van der Waals surface area contributed by atoms with E-state index in [0.29, 0.717) is 0 Å². The number of carbonyl (C=O) groups is 1. The van der Waals surface area contributed by atoms with Gasteiger partial charge >= 0.3 is 6.18 Å². The van der Waals surface area contributed by atoms with Crippen LogP contribution < -0.4 is 15.6 Å². The Morgan fingerprint density at radius 2 is 1.96 bits per heavy atom. The number of aromatic nitrogens is 1. The summed E-state index contributed by atoms with van der Waals surface area (Å²) < 4.78 is 43.8. The highest BCUT2D eigenvalue weighted by Gasteiger charge is 2.34. The fourth-order valence-corrected chi connectivity index (χ4v) is 1.94. The highest BCUT2D eigenvalue weighted by molar-refractivity contribution is 5.93. The Hall–Kier alpha value is -2.77. The van der Waals surface area contributed by atoms with Crippen molar-refractivity contribution in [2.75, 3.05) is 6.61 Å². The van der Waals surface area contributed by atoms with Crippen molar-refractivity contribution in [3.63, 3.8) is 0 Å². The highest BCUT2D eigenvalue weighted by Crippen LogP contribution is 2.35. The van der Waals surface area contributed by atoms with Crippen LogP contribution in [0, 0.1) is 0 Å². The number of hydrogen-bond acceptors (Lipinski definition) is 3. The minimum absolute atomic E-state index is 0.137. The molecule has 2 N–H and O–H groups in total. The number of hydrogen-bond donors (Lipinski definition) is 2. The second kappa shape index (κ2) is 7.20. The minimum Gasteiger partial charge on any atom is -0.491 e. The van der Waals surface area contributed by atoms with Gasteiger partial charge in [0.15, 0.2) is 0 Å². The number of nitrogens with one attached hydrogen (secondary N) is 2. The Morgan fingerprint density at radius 3 is 2.58 bits per heavy atom. The molecule has 2 aromatic rings. The summed E-state index contributed by atoms with van der Waals surface area (Å²) in [6, 6.07) is 6.88. The molecule has 1 atom stereocenters. The molecular formula is C16H15F3N2O3. The van der Waals surface area contributed by atoms with Crippen molar-refractivity contribution in [2.45, 2.75) is 19.1 Å². The molecule has 0 aliphatic rings. The summed E-state index contributed by atoms with van der Waals surface area (Å²) >= 11 is 0. The number of carbonyl (C=O) groups excluding carboxylic acids is 1. The molecule has 0 saturated carbocycles. The molecule has 128 valence electrons. The first-order valence-electron chi connectivity index (χ1n) is 7.06. The van der Waals surface area contributed by atoms with E-state index in [4.69, 9.17) is 4.74 Å². The van der Waals surface area contributed by atoms with Gasteiger partial charge in [-0.25, -0.2) is 0 Å². The Morgan fingerprint density at radius 1 is 1.25 bits per heavy atom. The maximum Gasteiger partial charge on any atom is 0.419 e. The summed E-state index contributed by atoms with van der Waals surface area (Å²) in [4.78, 5) is 25.2. The average Bonchev–Trinajstić information content (AvgIpc) is 2.53. The number of para-hydroxylation sites is 1. The normalized spacial score (nSPS) is 12.5. The lowest BCUT2D eigenvalue weighted by molar-refractivity contribution is -0.139. The Kier molecular flexibility index (Phi) is 5.28. The third-order valence-corrected chi connectivity index (χ3v) is 3.11. The minimum atomic E-state index is -4.51. The van der Waals surface area contributed by atoms with E-state index >= 15 is 0 Å². The molecule has 1 aromatic heterocycles. The van der Waals surface area contributed by atoms with E-state index in [2.05, 4.69) is 10.3 Å². The van der Waals surface area contributed by atoms with Crippen molar-refractivity contribution in [3.05, 3.63) is 64.1 Å². The zero-order chi connectivity index (χ0) is 17.7. The zero-order valence-electron chi connectivity index (χ0n) is 12.7. The topological polar surface area (TPSA) is 71.2 Å². The van der Waals surface area contributed by atoms with Gasteiger partial charge in [0.25, 0.3) is 5.91 Å². The van der Waals surface area contributed by atoms with Crippen LogP contribution in [0.25, 0.3) is 0 Å². The number of ether oxygens (including phenoxy) is 1. The van der Waals surface area contributed by atoms with Crippen LogP contribution in [0.5, 0.6) is 5.75 Å². The number of pyridine rings is 1. The molecule has 0 spiro atoms. The van der Waals surface area contributed by atoms with Crippen molar-refractivity contribution in [1.82, 2.24) is 10.3 Å². The lowest BCUT2D eigenvalue weighted by Gasteiger charge is -2.17. The van der Waals surface area contributed by atoms with Gasteiger partial charge < -0.3 is 15.0 Å². The van der Waals surface area contributed by atoms with E-state index in [-0.39, 0.29) is 23.5 Å². The first-order chi connectivity index (χ1) is 11.3. The van der Waals surface area contributed by atoms with E-state index in [1.807, 2.05) is 0 Å². The van der Waals surface area contributed by atoms with E-state index < -0.39 is 23.7 Å². The van der Waals surface area contributed by atoms with Crippen LogP contribution in [0.1, 0.15) is 22.8 Å². The number of benzene rings is 1. The average molecular weight is 340 g/mol. The van der Waals surface area contributed by atoms with Crippen LogP contribution in [-0.4, -0.2) is 23.5 Å². The van der Waals surface area contributed by atoms with Crippen LogP contribution in [0.2, 0.25) is 0 Å². The van der Waals surface area contributed by atoms with Gasteiger partial charge in [0, 0.05) is 12.3 Å². The van der Waals surface area contributed by atoms with Crippen LogP contribution in [0.3, 0.4) is 0 Å². The van der Waals surface area contributed by atoms with E-state index in [0.717, 1.165) is 6.07 Å². The Bertz CT molecular complexity index is 751. The molecule has 0 aliphatic heterocycles. The molecule has 1 heterocycles. The lowest BCUT2D eigenvalue weighted by Crippen LogP contribution is -2.37. The van der Waals surface area contributed by atoms with E-state index in [1.54, 1.807) is 6.92 Å². The predicted molar refractivity (Wildman–Crippen MR) is 80.9 cm³/mol. The fourth-order valence-electron chi connectivity index (χ4n) is 1.94. The summed E-state index contributed by atoms with van der Waals surface area (Å²) in [5.41, 5.74) is -0.979. The molecule has 5 nitrogen and oxygen atoms in total. The maximum atomic E-state index is 12.9. The molecule has 1 amide bonds. The molecule has 0 saturated heterocycles. The molecule has 0 aliphatic carbocycles. The Labute approximate surface area is 135 Å². The lowest BCUT2D eigenvalue weighted by atomic mass is 10.2. The second-order valence-corrected chi connectivity index (χ2v) is 5.12. The summed E-state index contributed by atoms with van der Waals surface area (Å²) in [7, 11) is 0. The van der Waals surface area contributed by atoms with Crippen molar-refractivity contribution in [3.8, 4) is 5.75 Å². The van der Waals surface area contributed by atoms with Crippen LogP contribution in [0.4, 0.5) is 13.2 Å². The first kappa shape index (κ1) is 17.6. The smallest absolute Gasteiger partial charge is 0.419 e. The fraction of sp³-hybridized carbons (Fsp3) is 0.250. The van der Waals surface area contributed by atoms with Gasteiger partial charge in [-0.3, -0.25) is 9.59 Å². The van der Waals surface area contributed by atoms with Crippen LogP contribution in [-0.2, 0) is 6.18 Å². The van der Waals surface area contributed by atoms with E-state index in [1.165, 1.54) is 36.5 Å². The van der Waals surface area contributed by atoms with E-state index in [9.17, 15) is 22.8 Å². The van der Waals surface area contributed by atoms with Gasteiger partial charge in [-0.1, -0.05) is 12.1 Å². The molecule has 1 aromatic carbocycles. The summed E-state index contributed by atoms with van der Waals surface area (Å²) in [6.07, 6.45) is -3.26. The molecule has 0 unspecified atom stereocenters. The quantitative estimate of drug-likeness (QED) is 0.879. The van der Waals surface area contributed by atoms with Gasteiger partial charge in [0.2, 0.25) is 5.56 Å². The third-order valence-electron chi connectivity index (χ3n) is 3.11. The van der Waals surface area contributed by atoms with Crippen LogP contribution >= 0.6 is 0 Å². The number of aromatic amines is 1. The predicted octanol–water partition coefficient (Wildman–Crippen LogP) is 2.59. The van der Waals surface area contributed by atoms with Gasteiger partial charge in [0.05, 0.1) is 17.2 Å². The third kappa shape index (κ3) is 4.61. The van der Waals surface area contributed by atoms with Crippen molar-refractivity contribution < 1.29 is 22.7 Å². The zero-order valence-corrected chi connectivity index (χ0v) is 12.7.